The molecular weight excluding hydrogens is 396 g/mol. The molecular formula is C21H19F2N3O4. The van der Waals surface area contributed by atoms with Gasteiger partial charge < -0.3 is 15.2 Å². The number of nitrogens with one attached hydrogen (secondary N) is 1. The number of nitriles is 1. The van der Waals surface area contributed by atoms with Gasteiger partial charge in [0.1, 0.15) is 35.6 Å². The quantitative estimate of drug-likeness (QED) is 0.676. The molecule has 1 heterocycles. The lowest BCUT2D eigenvalue weighted by Gasteiger charge is -2.23. The molecule has 0 saturated carbocycles. The Balaban J connectivity index is 1.65. The highest BCUT2D eigenvalue weighted by Crippen LogP contribution is 2.31. The average molecular weight is 415 g/mol. The summed E-state index contributed by atoms with van der Waals surface area (Å²) < 4.78 is 33.2. The molecule has 3 rings (SSSR count). The van der Waals surface area contributed by atoms with E-state index in [1.807, 2.05) is 6.07 Å². The number of nitrogens with zero attached hydrogens (tertiary/aromatic N) is 2. The molecule has 9 heteroatoms. The summed E-state index contributed by atoms with van der Waals surface area (Å²) in [5.74, 6) is -1.95. The molecule has 156 valence electrons. The molecule has 30 heavy (non-hydrogen) atoms. The summed E-state index contributed by atoms with van der Waals surface area (Å²) in [4.78, 5) is 25.8. The number of amides is 3. The largest absolute Gasteiger partial charge is 0.491 e. The topological polar surface area (TPSA) is 103 Å². The Labute approximate surface area is 171 Å². The maximum absolute atomic E-state index is 14.2. The third-order valence-electron chi connectivity index (χ3n) is 4.78. The number of rotatable bonds is 7. The van der Waals surface area contributed by atoms with E-state index >= 15 is 0 Å². The number of ether oxygens (including phenoxy) is 1. The lowest BCUT2D eigenvalue weighted by atomic mass is 9.91. The Morgan fingerprint density at radius 2 is 1.93 bits per heavy atom. The summed E-state index contributed by atoms with van der Waals surface area (Å²) in [6, 6.07) is 10.5. The van der Waals surface area contributed by atoms with Crippen LogP contribution in [0.3, 0.4) is 0 Å². The highest BCUT2D eigenvalue weighted by molar-refractivity contribution is 6.07. The molecule has 3 amide bonds. The molecule has 0 unspecified atom stereocenters. The minimum atomic E-state index is -1.79. The fraction of sp³-hybridized carbons (Fsp3) is 0.286. The molecule has 2 aromatic carbocycles. The van der Waals surface area contributed by atoms with Crippen LogP contribution in [0.5, 0.6) is 5.75 Å². The van der Waals surface area contributed by atoms with Gasteiger partial charge >= 0.3 is 6.03 Å². The van der Waals surface area contributed by atoms with E-state index in [1.165, 1.54) is 6.92 Å². The SMILES string of the molecule is C[C@]1(c2cc(F)ccc2F)NC(=O)N(C[C@@H](O)COc2ccc(CC#N)cc2)C1=O. The van der Waals surface area contributed by atoms with Crippen LogP contribution in [0.15, 0.2) is 42.5 Å². The Kier molecular flexibility index (Phi) is 5.99. The predicted molar refractivity (Wildman–Crippen MR) is 101 cm³/mol. The summed E-state index contributed by atoms with van der Waals surface area (Å²) in [5.41, 5.74) is -1.28. The minimum absolute atomic E-state index is 0.209. The van der Waals surface area contributed by atoms with E-state index in [-0.39, 0.29) is 25.1 Å². The van der Waals surface area contributed by atoms with Crippen molar-refractivity contribution in [2.45, 2.75) is 25.0 Å². The van der Waals surface area contributed by atoms with Gasteiger partial charge in [0, 0.05) is 5.56 Å². The van der Waals surface area contributed by atoms with Gasteiger partial charge in [-0.2, -0.15) is 5.26 Å². The maximum atomic E-state index is 14.2. The van der Waals surface area contributed by atoms with Crippen LogP contribution in [0, 0.1) is 23.0 Å². The molecule has 1 saturated heterocycles. The Morgan fingerprint density at radius 3 is 2.60 bits per heavy atom. The van der Waals surface area contributed by atoms with Crippen molar-refractivity contribution in [2.24, 2.45) is 0 Å². The minimum Gasteiger partial charge on any atom is -0.491 e. The number of hydrogen-bond donors (Lipinski definition) is 2. The maximum Gasteiger partial charge on any atom is 0.325 e. The number of imide groups is 1. The van der Waals surface area contributed by atoms with Crippen LogP contribution in [0.2, 0.25) is 0 Å². The smallest absolute Gasteiger partial charge is 0.325 e. The molecule has 7 nitrogen and oxygen atoms in total. The normalized spacial score (nSPS) is 19.4. The van der Waals surface area contributed by atoms with E-state index in [0.717, 1.165) is 28.7 Å². The van der Waals surface area contributed by atoms with Crippen molar-refractivity contribution in [1.29, 1.82) is 5.26 Å². The van der Waals surface area contributed by atoms with Crippen LogP contribution >= 0.6 is 0 Å². The summed E-state index contributed by atoms with van der Waals surface area (Å²) in [7, 11) is 0. The van der Waals surface area contributed by atoms with Crippen LogP contribution in [0.1, 0.15) is 18.1 Å². The summed E-state index contributed by atoms with van der Waals surface area (Å²) >= 11 is 0. The molecule has 0 spiro atoms. The first-order chi connectivity index (χ1) is 14.2. The Hall–Kier alpha value is -3.51. The highest BCUT2D eigenvalue weighted by atomic mass is 19.1. The number of carbonyl (C=O) groups excluding carboxylic acids is 2. The van der Waals surface area contributed by atoms with E-state index in [1.54, 1.807) is 24.3 Å². The van der Waals surface area contributed by atoms with Gasteiger partial charge in [0.15, 0.2) is 0 Å². The zero-order valence-corrected chi connectivity index (χ0v) is 16.1. The number of β-amino-alcohol motifs (C(OH)–C–C–N with tert-alkyl or cyclic N) is 1. The van der Waals surface area contributed by atoms with Crippen molar-refractivity contribution in [1.82, 2.24) is 10.2 Å². The third-order valence-corrected chi connectivity index (χ3v) is 4.78. The summed E-state index contributed by atoms with van der Waals surface area (Å²) in [5, 5.41) is 21.2. The first-order valence-corrected chi connectivity index (χ1v) is 9.11. The standard InChI is InChI=1S/C21H19F2N3O4/c1-21(17-10-14(22)4-7-18(17)23)19(28)26(20(29)25-21)11-15(27)12-30-16-5-2-13(3-6-16)8-9-24/h2-7,10,15,27H,8,11-12H2,1H3,(H,25,29)/t15-,21-/m1/s1. The van der Waals surface area contributed by atoms with Gasteiger partial charge in [-0.25, -0.2) is 13.6 Å². The molecule has 0 radical (unpaired) electrons. The van der Waals surface area contributed by atoms with Crippen LogP contribution in [0.25, 0.3) is 0 Å². The number of halogens is 2. The fourth-order valence-electron chi connectivity index (χ4n) is 3.18. The van der Waals surface area contributed by atoms with E-state index in [4.69, 9.17) is 10.00 Å². The lowest BCUT2D eigenvalue weighted by molar-refractivity contribution is -0.132. The van der Waals surface area contributed by atoms with Crippen LogP contribution in [-0.4, -0.2) is 41.2 Å². The molecule has 0 aromatic heterocycles. The molecule has 2 N–H and O–H groups in total. The van der Waals surface area contributed by atoms with E-state index in [2.05, 4.69) is 5.32 Å². The molecule has 1 fully saturated rings. The van der Waals surface area contributed by atoms with Gasteiger partial charge in [0.2, 0.25) is 0 Å². The number of aliphatic hydroxyl groups is 1. The van der Waals surface area contributed by atoms with Gasteiger partial charge in [0.05, 0.1) is 19.0 Å². The second-order valence-corrected chi connectivity index (χ2v) is 7.04. The number of aliphatic hydroxyl groups excluding tert-OH is 1. The van der Waals surface area contributed by atoms with Gasteiger partial charge in [-0.05, 0) is 42.8 Å². The second kappa shape index (κ2) is 8.47. The third kappa shape index (κ3) is 4.23. The first kappa shape index (κ1) is 21.2. The van der Waals surface area contributed by atoms with Crippen molar-refractivity contribution in [3.8, 4) is 11.8 Å². The predicted octanol–water partition coefficient (Wildman–Crippen LogP) is 2.24. The molecule has 2 atom stereocenters. The molecule has 1 aliphatic heterocycles. The van der Waals surface area contributed by atoms with Gasteiger partial charge in [-0.15, -0.1) is 0 Å². The van der Waals surface area contributed by atoms with E-state index in [0.29, 0.717) is 5.75 Å². The molecule has 0 bridgehead atoms. The zero-order chi connectivity index (χ0) is 21.9. The van der Waals surface area contributed by atoms with Crippen LogP contribution in [0.4, 0.5) is 13.6 Å². The van der Waals surface area contributed by atoms with Crippen molar-refractivity contribution in [3.63, 3.8) is 0 Å². The van der Waals surface area contributed by atoms with Crippen LogP contribution < -0.4 is 10.1 Å². The monoisotopic (exact) mass is 415 g/mol. The first-order valence-electron chi connectivity index (χ1n) is 9.11. The van der Waals surface area contributed by atoms with Crippen molar-refractivity contribution in [3.05, 3.63) is 65.2 Å². The molecule has 2 aromatic rings. The van der Waals surface area contributed by atoms with E-state index in [9.17, 15) is 23.5 Å². The number of hydrogen-bond acceptors (Lipinski definition) is 5. The van der Waals surface area contributed by atoms with Crippen molar-refractivity contribution in [2.75, 3.05) is 13.2 Å². The summed E-state index contributed by atoms with van der Waals surface area (Å²) in [6.07, 6.45) is -0.946. The van der Waals surface area contributed by atoms with Crippen LogP contribution in [-0.2, 0) is 16.8 Å². The van der Waals surface area contributed by atoms with Crippen molar-refractivity contribution < 1.29 is 28.2 Å². The fourth-order valence-corrected chi connectivity index (χ4v) is 3.18. The number of urea groups is 1. The lowest BCUT2D eigenvalue weighted by Crippen LogP contribution is -2.43. The van der Waals surface area contributed by atoms with Gasteiger partial charge in [-0.3, -0.25) is 9.69 Å². The second-order valence-electron chi connectivity index (χ2n) is 7.04. The van der Waals surface area contributed by atoms with E-state index < -0.39 is 35.2 Å². The van der Waals surface area contributed by atoms with Gasteiger partial charge in [0.25, 0.3) is 5.91 Å². The zero-order valence-electron chi connectivity index (χ0n) is 16.1. The molecule has 1 aliphatic rings. The Bertz CT molecular complexity index is 1010. The summed E-state index contributed by atoms with van der Waals surface area (Å²) in [6.45, 7) is 0.681. The molecule has 0 aliphatic carbocycles. The number of benzene rings is 2. The average Bonchev–Trinajstić information content (AvgIpc) is 2.93. The highest BCUT2D eigenvalue weighted by Gasteiger charge is 2.50. The van der Waals surface area contributed by atoms with Crippen molar-refractivity contribution >= 4 is 11.9 Å². The van der Waals surface area contributed by atoms with Gasteiger partial charge in [-0.1, -0.05) is 12.1 Å². The Morgan fingerprint density at radius 1 is 1.23 bits per heavy atom. The number of carbonyl (C=O) groups is 2.